The van der Waals surface area contributed by atoms with Gasteiger partial charge < -0.3 is 9.64 Å². The lowest BCUT2D eigenvalue weighted by molar-refractivity contribution is -0.130. The number of hydrogen-bond donors (Lipinski definition) is 0. The minimum absolute atomic E-state index is 0.00822. The molecular formula is C18H21FN2O2. The van der Waals surface area contributed by atoms with Crippen LogP contribution in [-0.2, 0) is 17.6 Å². The van der Waals surface area contributed by atoms with E-state index in [1.54, 1.807) is 29.4 Å². The smallest absolute Gasteiger partial charge is 0.226 e. The highest BCUT2D eigenvalue weighted by Gasteiger charge is 2.13. The Hall–Kier alpha value is -2.43. The van der Waals surface area contributed by atoms with E-state index in [4.69, 9.17) is 4.74 Å². The second kappa shape index (κ2) is 8.27. The van der Waals surface area contributed by atoms with Crippen molar-refractivity contribution in [1.29, 1.82) is 0 Å². The van der Waals surface area contributed by atoms with Gasteiger partial charge in [-0.3, -0.25) is 9.78 Å². The molecule has 0 spiro atoms. The highest BCUT2D eigenvalue weighted by Crippen LogP contribution is 2.18. The molecule has 2 rings (SSSR count). The topological polar surface area (TPSA) is 42.4 Å². The number of hydrogen-bond acceptors (Lipinski definition) is 3. The number of carbonyl (C=O) groups excluding carboxylic acids is 1. The maximum Gasteiger partial charge on any atom is 0.226 e. The Morgan fingerprint density at radius 1 is 1.22 bits per heavy atom. The zero-order chi connectivity index (χ0) is 16.7. The molecule has 0 saturated carbocycles. The third kappa shape index (κ3) is 4.77. The number of pyridine rings is 1. The molecule has 23 heavy (non-hydrogen) atoms. The first-order valence-electron chi connectivity index (χ1n) is 7.63. The molecule has 0 N–H and O–H groups in total. The fraction of sp³-hybridized carbons (Fsp3) is 0.333. The van der Waals surface area contributed by atoms with Crippen LogP contribution in [0.4, 0.5) is 4.39 Å². The Kier molecular flexibility index (Phi) is 6.09. The van der Waals surface area contributed by atoms with E-state index < -0.39 is 5.82 Å². The standard InChI is InChI=1S/C18H21FN2O2/c1-3-21(11-8-14-6-9-20-10-7-14)18(22)13-15-4-5-17(23-2)16(19)12-15/h4-7,9-10,12H,3,8,11,13H2,1-2H3. The van der Waals surface area contributed by atoms with Crippen LogP contribution in [0.2, 0.25) is 0 Å². The molecule has 0 fully saturated rings. The number of nitrogens with zero attached hydrogens (tertiary/aromatic N) is 2. The summed E-state index contributed by atoms with van der Waals surface area (Å²) in [6.45, 7) is 3.21. The Bertz CT molecular complexity index is 647. The van der Waals surface area contributed by atoms with Crippen molar-refractivity contribution >= 4 is 5.91 Å². The number of benzene rings is 1. The molecule has 0 bridgehead atoms. The monoisotopic (exact) mass is 316 g/mol. The lowest BCUT2D eigenvalue weighted by Gasteiger charge is -2.21. The zero-order valence-corrected chi connectivity index (χ0v) is 13.5. The van der Waals surface area contributed by atoms with Gasteiger partial charge in [0.15, 0.2) is 11.6 Å². The number of halogens is 1. The molecule has 122 valence electrons. The van der Waals surface area contributed by atoms with Crippen LogP contribution in [0.1, 0.15) is 18.1 Å². The van der Waals surface area contributed by atoms with E-state index in [1.807, 2.05) is 19.1 Å². The van der Waals surface area contributed by atoms with E-state index >= 15 is 0 Å². The predicted molar refractivity (Wildman–Crippen MR) is 86.9 cm³/mol. The Morgan fingerprint density at radius 2 is 1.96 bits per heavy atom. The number of carbonyl (C=O) groups is 1. The summed E-state index contributed by atoms with van der Waals surface area (Å²) in [5.74, 6) is -0.269. The summed E-state index contributed by atoms with van der Waals surface area (Å²) in [5, 5.41) is 0. The lowest BCUT2D eigenvalue weighted by Crippen LogP contribution is -2.33. The van der Waals surface area contributed by atoms with Gasteiger partial charge in [0.1, 0.15) is 0 Å². The van der Waals surface area contributed by atoms with Crippen molar-refractivity contribution in [3.63, 3.8) is 0 Å². The zero-order valence-electron chi connectivity index (χ0n) is 13.5. The average molecular weight is 316 g/mol. The number of methoxy groups -OCH3 is 1. The predicted octanol–water partition coefficient (Wildman–Crippen LogP) is 2.86. The summed E-state index contributed by atoms with van der Waals surface area (Å²) in [7, 11) is 1.42. The van der Waals surface area contributed by atoms with E-state index in [9.17, 15) is 9.18 Å². The van der Waals surface area contributed by atoms with Gasteiger partial charge in [0.05, 0.1) is 13.5 Å². The second-order valence-electron chi connectivity index (χ2n) is 5.22. The van der Waals surface area contributed by atoms with Crippen molar-refractivity contribution < 1.29 is 13.9 Å². The van der Waals surface area contributed by atoms with E-state index in [0.29, 0.717) is 18.7 Å². The molecule has 0 radical (unpaired) electrons. The largest absolute Gasteiger partial charge is 0.494 e. The molecule has 0 saturated heterocycles. The van der Waals surface area contributed by atoms with Crippen molar-refractivity contribution in [3.05, 3.63) is 59.7 Å². The summed E-state index contributed by atoms with van der Waals surface area (Å²) in [6.07, 6.45) is 4.45. The molecular weight excluding hydrogens is 295 g/mol. The van der Waals surface area contributed by atoms with Gasteiger partial charge in [0, 0.05) is 25.5 Å². The Balaban J connectivity index is 1.95. The Labute approximate surface area is 135 Å². The first-order chi connectivity index (χ1) is 11.1. The van der Waals surface area contributed by atoms with Gasteiger partial charge in [-0.15, -0.1) is 0 Å². The van der Waals surface area contributed by atoms with Gasteiger partial charge in [0.25, 0.3) is 0 Å². The molecule has 0 atom stereocenters. The maximum atomic E-state index is 13.7. The van der Waals surface area contributed by atoms with Crippen LogP contribution in [0.15, 0.2) is 42.7 Å². The van der Waals surface area contributed by atoms with Crippen molar-refractivity contribution in [1.82, 2.24) is 9.88 Å². The van der Waals surface area contributed by atoms with Gasteiger partial charge in [-0.25, -0.2) is 4.39 Å². The highest BCUT2D eigenvalue weighted by molar-refractivity contribution is 5.78. The van der Waals surface area contributed by atoms with Crippen LogP contribution in [-0.4, -0.2) is 36.0 Å². The molecule has 4 nitrogen and oxygen atoms in total. The number of aromatic nitrogens is 1. The van der Waals surface area contributed by atoms with Crippen LogP contribution in [0.3, 0.4) is 0 Å². The number of amides is 1. The maximum absolute atomic E-state index is 13.7. The van der Waals surface area contributed by atoms with Gasteiger partial charge in [-0.1, -0.05) is 6.07 Å². The Morgan fingerprint density at radius 3 is 2.57 bits per heavy atom. The minimum atomic E-state index is -0.447. The van der Waals surface area contributed by atoms with Gasteiger partial charge in [-0.2, -0.15) is 0 Å². The summed E-state index contributed by atoms with van der Waals surface area (Å²) in [6, 6.07) is 8.50. The average Bonchev–Trinajstić information content (AvgIpc) is 2.56. The number of rotatable bonds is 7. The molecule has 1 aromatic carbocycles. The quantitative estimate of drug-likeness (QED) is 0.789. The third-order valence-electron chi connectivity index (χ3n) is 3.73. The molecule has 0 aliphatic heterocycles. The fourth-order valence-corrected chi connectivity index (χ4v) is 2.38. The molecule has 0 unspecified atom stereocenters. The molecule has 1 heterocycles. The molecule has 1 aromatic heterocycles. The summed E-state index contributed by atoms with van der Waals surface area (Å²) < 4.78 is 18.6. The van der Waals surface area contributed by atoms with E-state index in [2.05, 4.69) is 4.98 Å². The third-order valence-corrected chi connectivity index (χ3v) is 3.73. The SMILES string of the molecule is CCN(CCc1ccncc1)C(=O)Cc1ccc(OC)c(F)c1. The summed E-state index contributed by atoms with van der Waals surface area (Å²) >= 11 is 0. The highest BCUT2D eigenvalue weighted by atomic mass is 19.1. The minimum Gasteiger partial charge on any atom is -0.494 e. The van der Waals surface area contributed by atoms with Crippen LogP contribution < -0.4 is 4.74 Å². The van der Waals surface area contributed by atoms with Gasteiger partial charge >= 0.3 is 0 Å². The van der Waals surface area contributed by atoms with Gasteiger partial charge in [0.2, 0.25) is 5.91 Å². The molecule has 1 amide bonds. The van der Waals surface area contributed by atoms with Crippen LogP contribution >= 0.6 is 0 Å². The van der Waals surface area contributed by atoms with Crippen LogP contribution in [0.25, 0.3) is 0 Å². The molecule has 0 aliphatic rings. The summed E-state index contributed by atoms with van der Waals surface area (Å²) in [5.41, 5.74) is 1.79. The van der Waals surface area contributed by atoms with Gasteiger partial charge in [-0.05, 0) is 48.7 Å². The number of likely N-dealkylation sites (N-methyl/N-ethyl adjacent to an activating group) is 1. The molecule has 0 aliphatic carbocycles. The van der Waals surface area contributed by atoms with Crippen LogP contribution in [0, 0.1) is 5.82 Å². The van der Waals surface area contributed by atoms with E-state index in [-0.39, 0.29) is 18.1 Å². The summed E-state index contributed by atoms with van der Waals surface area (Å²) in [4.78, 5) is 18.2. The van der Waals surface area contributed by atoms with E-state index in [0.717, 1.165) is 12.0 Å². The normalized spacial score (nSPS) is 10.4. The lowest BCUT2D eigenvalue weighted by atomic mass is 10.1. The van der Waals surface area contributed by atoms with Crippen molar-refractivity contribution in [2.75, 3.05) is 20.2 Å². The fourth-order valence-electron chi connectivity index (χ4n) is 2.38. The van der Waals surface area contributed by atoms with Crippen molar-refractivity contribution in [2.45, 2.75) is 19.8 Å². The first kappa shape index (κ1) is 16.9. The second-order valence-corrected chi connectivity index (χ2v) is 5.22. The first-order valence-corrected chi connectivity index (χ1v) is 7.63. The van der Waals surface area contributed by atoms with Crippen molar-refractivity contribution in [3.8, 4) is 5.75 Å². The number of ether oxygens (including phenoxy) is 1. The van der Waals surface area contributed by atoms with Crippen LogP contribution in [0.5, 0.6) is 5.75 Å². The van der Waals surface area contributed by atoms with E-state index in [1.165, 1.54) is 13.2 Å². The van der Waals surface area contributed by atoms with Crippen molar-refractivity contribution in [2.24, 2.45) is 0 Å². The molecule has 5 heteroatoms. The molecule has 2 aromatic rings.